The van der Waals surface area contributed by atoms with Crippen LogP contribution >= 0.6 is 0 Å². The van der Waals surface area contributed by atoms with E-state index in [-0.39, 0.29) is 0 Å². The summed E-state index contributed by atoms with van der Waals surface area (Å²) in [6.07, 6.45) is 10.0. The van der Waals surface area contributed by atoms with Gasteiger partial charge in [-0.2, -0.15) is 5.26 Å². The summed E-state index contributed by atoms with van der Waals surface area (Å²) in [7, 11) is 0. The van der Waals surface area contributed by atoms with E-state index >= 15 is 0 Å². The van der Waals surface area contributed by atoms with Gasteiger partial charge in [-0.15, -0.1) is 0 Å². The molecule has 0 fully saturated rings. The second-order valence-electron chi connectivity index (χ2n) is 30.5. The molecule has 0 aliphatic rings. The lowest BCUT2D eigenvalue weighted by atomic mass is 10.0. The van der Waals surface area contributed by atoms with Gasteiger partial charge in [0.05, 0.1) is 114 Å². The van der Waals surface area contributed by atoms with Crippen LogP contribution in [0.4, 0.5) is 4.39 Å². The van der Waals surface area contributed by atoms with Crippen molar-refractivity contribution < 1.29 is 4.39 Å². The maximum absolute atomic E-state index is 13.6. The lowest BCUT2D eigenvalue weighted by Crippen LogP contribution is -1.97. The van der Waals surface area contributed by atoms with Gasteiger partial charge in [-0.25, -0.2) is 49.2 Å². The van der Waals surface area contributed by atoms with Crippen molar-refractivity contribution >= 4 is 0 Å². The molecule has 9 aromatic carbocycles. The molecule has 0 spiro atoms. The number of nitrogens with zero attached hydrogens (tertiary/aromatic N) is 16. The van der Waals surface area contributed by atoms with Gasteiger partial charge in [0.2, 0.25) is 0 Å². The Balaban J connectivity index is 0.000000126. The molecule has 0 saturated heterocycles. The molecule has 130 heavy (non-hydrogen) atoms. The molecule has 0 saturated carbocycles. The van der Waals surface area contributed by atoms with E-state index in [1.54, 1.807) is 30.7 Å². The molecule has 21 aromatic rings. The largest absolute Gasteiger partial charge is 0.254 e. The first-order chi connectivity index (χ1) is 64.1. The highest BCUT2D eigenvalue weighted by atomic mass is 19.1. The molecular weight excluding hydrogens is 1600 g/mol. The van der Waals surface area contributed by atoms with Crippen LogP contribution in [-0.4, -0.2) is 74.8 Å². The van der Waals surface area contributed by atoms with E-state index in [0.717, 1.165) is 146 Å². The topological polar surface area (TPSA) is 217 Å². The van der Waals surface area contributed by atoms with Crippen LogP contribution in [0.1, 0.15) is 11.1 Å². The van der Waals surface area contributed by atoms with Crippen LogP contribution in [-0.2, 0) is 0 Å². The Hall–Kier alpha value is -18.0. The Morgan fingerprint density at radius 2 is 0.400 bits per heavy atom. The summed E-state index contributed by atoms with van der Waals surface area (Å²) < 4.78 is 13.6. The van der Waals surface area contributed by atoms with Crippen LogP contribution in [0.2, 0.25) is 0 Å². The first kappa shape index (κ1) is 81.6. The smallest absolute Gasteiger partial charge is 0.161 e. The summed E-state index contributed by atoms with van der Waals surface area (Å²) in [6.45, 7) is 2.03. The lowest BCUT2D eigenvalue weighted by Gasteiger charge is -2.11. The van der Waals surface area contributed by atoms with Gasteiger partial charge in [0.25, 0.3) is 0 Å². The molecule has 0 aliphatic heterocycles. The van der Waals surface area contributed by atoms with Crippen LogP contribution in [0.15, 0.2) is 438 Å². The Morgan fingerprint density at radius 3 is 0.608 bits per heavy atom. The SMILES string of the molecule is Cc1ccc(-c2cc(-c3ccccc3)cc(-c3ccc(-c4nc(-c5ccccc5)cc(-c5ccccc5)n4)cn3)n2)nc1.Fc1ccc(-c2cc(-c3ccccc3)cc(-c3ccc(-c4nc(-c5ccccc5)cc(-c5ccccc5)n4)cn3)n2)nc1.N#Cc1ccc(-c2cc(-c3ccccc3)cc(-c3ccc(-c4nc(-c5ccccc5)cc(-c5ccccc5)n4)cn3)n2)nc1. The maximum atomic E-state index is 13.6. The third-order valence-corrected chi connectivity index (χ3v) is 21.6. The van der Waals surface area contributed by atoms with Crippen molar-refractivity contribution in [3.63, 3.8) is 0 Å². The minimum Gasteiger partial charge on any atom is -0.254 e. The number of pyridine rings is 9. The van der Waals surface area contributed by atoms with Crippen LogP contribution < -0.4 is 0 Å². The molecule has 614 valence electrons. The Bertz CT molecular complexity index is 7040. The number of benzene rings is 9. The van der Waals surface area contributed by atoms with E-state index in [1.165, 1.54) is 12.3 Å². The molecule has 0 aliphatic carbocycles. The van der Waals surface area contributed by atoms with E-state index in [4.69, 9.17) is 59.8 Å². The summed E-state index contributed by atoms with van der Waals surface area (Å²) in [5.74, 6) is 1.41. The molecule has 17 heteroatoms. The fourth-order valence-corrected chi connectivity index (χ4v) is 14.8. The zero-order valence-corrected chi connectivity index (χ0v) is 70.1. The molecule has 0 N–H and O–H groups in total. The number of nitriles is 1. The number of aromatic nitrogens is 15. The van der Waals surface area contributed by atoms with E-state index in [0.29, 0.717) is 68.6 Å². The Morgan fingerprint density at radius 1 is 0.177 bits per heavy atom. The van der Waals surface area contributed by atoms with Crippen LogP contribution in [0.25, 0.3) is 203 Å². The number of aryl methyl sites for hydroxylation is 1. The minimum absolute atomic E-state index is 0.394. The number of hydrogen-bond donors (Lipinski definition) is 0. The van der Waals surface area contributed by atoms with Gasteiger partial charge in [0.15, 0.2) is 17.5 Å². The predicted octanol–water partition coefficient (Wildman–Crippen LogP) is 26.3. The third-order valence-electron chi connectivity index (χ3n) is 21.6. The third kappa shape index (κ3) is 19.3. The molecule has 16 nitrogen and oxygen atoms in total. The van der Waals surface area contributed by atoms with Gasteiger partial charge >= 0.3 is 0 Å². The molecule has 0 unspecified atom stereocenters. The monoisotopic (exact) mass is 1670 g/mol. The van der Waals surface area contributed by atoms with Gasteiger partial charge < -0.3 is 0 Å². The molecule has 0 amide bonds. The quantitative estimate of drug-likeness (QED) is 0.0780. The summed E-state index contributed by atoms with van der Waals surface area (Å²) in [6, 6.07) is 134. The van der Waals surface area contributed by atoms with Crippen LogP contribution in [0.5, 0.6) is 0 Å². The summed E-state index contributed by atoms with van der Waals surface area (Å²) in [5.41, 5.74) is 30.0. The Kier molecular flexibility index (Phi) is 24.1. The standard InChI is InChI=1S/C38H24N6.C38H27N5.C37H24FN5/c39-23-26-16-18-32(40-24-26)36-20-31(27-10-4-1-5-11-27)21-37(42-36)33-19-17-30(25-41-33)38-43-34(28-12-6-2-7-13-28)22-35(44-38)29-14-8-3-9-15-29;1-26-17-19-32(39-24-26)36-21-31(27-11-5-2-6-12-27)22-37(41-36)33-20-18-30(25-40-33)38-42-34(28-13-7-3-8-14-28)23-35(43-38)29-15-9-4-10-16-29;38-30-17-19-32(40-24-30)36-21-29(25-10-4-1-5-11-25)20-35(41-36)31-18-16-28(23-39-31)37-42-33(26-12-6-2-7-13-26)22-34(43-37)27-14-8-3-9-15-27/h1-22,24-25H;2-25H,1H3;1-24H. The van der Waals surface area contributed by atoms with Crippen molar-refractivity contribution in [3.05, 3.63) is 455 Å². The van der Waals surface area contributed by atoms with Crippen molar-refractivity contribution in [2.75, 3.05) is 0 Å². The normalized spacial score (nSPS) is 10.8. The molecule has 12 aromatic heterocycles. The second-order valence-corrected chi connectivity index (χ2v) is 30.5. The van der Waals surface area contributed by atoms with Gasteiger partial charge in [0.1, 0.15) is 11.9 Å². The van der Waals surface area contributed by atoms with Crippen molar-refractivity contribution in [2.45, 2.75) is 6.92 Å². The molecule has 21 rings (SSSR count). The van der Waals surface area contributed by atoms with Crippen molar-refractivity contribution in [1.82, 2.24) is 74.8 Å². The molecule has 0 bridgehead atoms. The van der Waals surface area contributed by atoms with E-state index in [1.807, 2.05) is 335 Å². The Labute approximate surface area is 750 Å². The highest BCUT2D eigenvalue weighted by molar-refractivity contribution is 5.82. The molecule has 0 atom stereocenters. The van der Waals surface area contributed by atoms with Gasteiger partial charge in [-0.05, 0) is 167 Å². The second kappa shape index (κ2) is 38.4. The molecule has 0 radical (unpaired) electrons. The summed E-state index contributed by atoms with van der Waals surface area (Å²) in [5, 5.41) is 9.21. The first-order valence-corrected chi connectivity index (χ1v) is 42.2. The van der Waals surface area contributed by atoms with Crippen LogP contribution in [0.3, 0.4) is 0 Å². The maximum Gasteiger partial charge on any atom is 0.161 e. The first-order valence-electron chi connectivity index (χ1n) is 42.2. The van der Waals surface area contributed by atoms with E-state index in [2.05, 4.69) is 87.8 Å². The highest BCUT2D eigenvalue weighted by Gasteiger charge is 2.20. The summed E-state index contributed by atoms with van der Waals surface area (Å²) >= 11 is 0. The van der Waals surface area contributed by atoms with Gasteiger partial charge in [0, 0.05) is 81.1 Å². The van der Waals surface area contributed by atoms with Gasteiger partial charge in [-0.3, -0.25) is 29.9 Å². The lowest BCUT2D eigenvalue weighted by molar-refractivity contribution is 0.622. The predicted molar refractivity (Wildman–Crippen MR) is 514 cm³/mol. The molecular formula is C113H75FN16. The zero-order chi connectivity index (χ0) is 87.7. The number of rotatable bonds is 18. The van der Waals surface area contributed by atoms with E-state index < -0.39 is 5.82 Å². The fourth-order valence-electron chi connectivity index (χ4n) is 14.8. The van der Waals surface area contributed by atoms with Gasteiger partial charge in [-0.1, -0.05) is 279 Å². The minimum atomic E-state index is -0.394. The fraction of sp³-hybridized carbons (Fsp3) is 0.00885. The highest BCUT2D eigenvalue weighted by Crippen LogP contribution is 2.38. The number of hydrogen-bond acceptors (Lipinski definition) is 16. The van der Waals surface area contributed by atoms with Crippen molar-refractivity contribution in [2.24, 2.45) is 0 Å². The molecule has 12 heterocycles. The summed E-state index contributed by atoms with van der Waals surface area (Å²) in [4.78, 5) is 72.2. The average molecular weight is 1680 g/mol. The van der Waals surface area contributed by atoms with Crippen molar-refractivity contribution in [3.8, 4) is 209 Å². The number of halogens is 1. The average Bonchev–Trinajstić information content (AvgIpc) is 0.797. The van der Waals surface area contributed by atoms with Crippen LogP contribution in [0, 0.1) is 24.1 Å². The van der Waals surface area contributed by atoms with Crippen molar-refractivity contribution in [1.29, 1.82) is 5.26 Å². The van der Waals surface area contributed by atoms with E-state index in [9.17, 15) is 9.65 Å². The zero-order valence-electron chi connectivity index (χ0n) is 70.1.